The Morgan fingerprint density at radius 2 is 1.43 bits per heavy atom. The SMILES string of the molecule is O=C1S/C(=C/c2c3ccccc3cc3ccccc23)C(=O)N1Cc1ccc(F)cc1. The second kappa shape index (κ2) is 7.43. The lowest BCUT2D eigenvalue weighted by Gasteiger charge is -2.12. The van der Waals surface area contributed by atoms with Gasteiger partial charge < -0.3 is 0 Å². The van der Waals surface area contributed by atoms with Crippen LogP contribution in [0.1, 0.15) is 11.1 Å². The van der Waals surface area contributed by atoms with Crippen molar-refractivity contribution in [2.24, 2.45) is 0 Å². The highest BCUT2D eigenvalue weighted by Gasteiger charge is 2.35. The Morgan fingerprint density at radius 1 is 0.833 bits per heavy atom. The normalized spacial score (nSPS) is 15.6. The second-order valence-electron chi connectivity index (χ2n) is 7.13. The zero-order valence-corrected chi connectivity index (χ0v) is 16.7. The lowest BCUT2D eigenvalue weighted by Crippen LogP contribution is -2.27. The maximum absolute atomic E-state index is 13.2. The molecule has 4 aromatic rings. The van der Waals surface area contributed by atoms with Gasteiger partial charge in [0.15, 0.2) is 0 Å². The number of rotatable bonds is 3. The maximum Gasteiger partial charge on any atom is 0.293 e. The molecule has 0 radical (unpaired) electrons. The van der Waals surface area contributed by atoms with Gasteiger partial charge in [-0.05, 0) is 68.7 Å². The molecule has 0 bridgehead atoms. The van der Waals surface area contributed by atoms with Crippen LogP contribution in [-0.2, 0) is 11.3 Å². The molecule has 3 nitrogen and oxygen atoms in total. The van der Waals surface area contributed by atoms with Crippen molar-refractivity contribution in [1.29, 1.82) is 0 Å². The highest BCUT2D eigenvalue weighted by molar-refractivity contribution is 8.18. The van der Waals surface area contributed by atoms with Crippen molar-refractivity contribution in [1.82, 2.24) is 4.90 Å². The predicted octanol–water partition coefficient (Wildman–Crippen LogP) is 6.37. The molecule has 1 aliphatic heterocycles. The molecule has 1 saturated heterocycles. The van der Waals surface area contributed by atoms with Crippen molar-refractivity contribution in [2.45, 2.75) is 6.54 Å². The van der Waals surface area contributed by atoms with E-state index < -0.39 is 0 Å². The summed E-state index contributed by atoms with van der Waals surface area (Å²) in [5.41, 5.74) is 1.63. The van der Waals surface area contributed by atoms with Crippen LogP contribution in [0.5, 0.6) is 0 Å². The number of amides is 2. The van der Waals surface area contributed by atoms with Crippen molar-refractivity contribution in [3.8, 4) is 0 Å². The van der Waals surface area contributed by atoms with E-state index in [-0.39, 0.29) is 23.5 Å². The maximum atomic E-state index is 13.2. The number of imide groups is 1. The fourth-order valence-corrected chi connectivity index (χ4v) is 4.56. The minimum absolute atomic E-state index is 0.124. The van der Waals surface area contributed by atoms with Gasteiger partial charge >= 0.3 is 0 Å². The molecule has 1 heterocycles. The van der Waals surface area contributed by atoms with Crippen LogP contribution in [0.4, 0.5) is 9.18 Å². The van der Waals surface area contributed by atoms with Gasteiger partial charge in [0.1, 0.15) is 5.82 Å². The molecule has 30 heavy (non-hydrogen) atoms. The van der Waals surface area contributed by atoms with Gasteiger partial charge in [0.05, 0.1) is 11.4 Å². The van der Waals surface area contributed by atoms with E-state index in [4.69, 9.17) is 0 Å². The zero-order chi connectivity index (χ0) is 20.7. The molecule has 2 amide bonds. The largest absolute Gasteiger partial charge is 0.293 e. The van der Waals surface area contributed by atoms with Crippen LogP contribution in [0.2, 0.25) is 0 Å². The summed E-state index contributed by atoms with van der Waals surface area (Å²) in [5.74, 6) is -0.679. The number of thioether (sulfide) groups is 1. The van der Waals surface area contributed by atoms with Gasteiger partial charge in [-0.3, -0.25) is 14.5 Å². The molecule has 1 fully saturated rings. The summed E-state index contributed by atoms with van der Waals surface area (Å²) < 4.78 is 13.2. The number of hydrogen-bond acceptors (Lipinski definition) is 3. The van der Waals surface area contributed by atoms with Crippen molar-refractivity contribution in [2.75, 3.05) is 0 Å². The molecule has 4 aromatic carbocycles. The molecule has 0 N–H and O–H groups in total. The molecule has 1 aliphatic rings. The number of nitrogens with zero attached hydrogens (tertiary/aromatic N) is 1. The summed E-state index contributed by atoms with van der Waals surface area (Å²) in [5, 5.41) is 3.89. The number of carbonyl (C=O) groups excluding carboxylic acids is 2. The van der Waals surface area contributed by atoms with E-state index in [1.807, 2.05) is 54.6 Å². The van der Waals surface area contributed by atoms with Gasteiger partial charge in [0.25, 0.3) is 11.1 Å². The fraction of sp³-hybridized carbons (Fsp3) is 0.0400. The molecule has 0 aromatic heterocycles. The molecule has 146 valence electrons. The van der Waals surface area contributed by atoms with Crippen molar-refractivity contribution in [3.63, 3.8) is 0 Å². The minimum Gasteiger partial charge on any atom is -0.268 e. The Hall–Kier alpha value is -3.44. The van der Waals surface area contributed by atoms with Gasteiger partial charge in [0, 0.05) is 0 Å². The zero-order valence-electron chi connectivity index (χ0n) is 15.8. The first-order valence-electron chi connectivity index (χ1n) is 9.50. The molecule has 5 heteroatoms. The summed E-state index contributed by atoms with van der Waals surface area (Å²) in [4.78, 5) is 27.1. The standard InChI is InChI=1S/C25H16FNO2S/c26-19-11-9-16(10-12-19)15-27-24(28)23(30-25(27)29)14-22-20-7-3-1-5-17(20)13-18-6-2-4-8-21(18)22/h1-14H,15H2/b23-14+. The van der Waals surface area contributed by atoms with E-state index in [9.17, 15) is 14.0 Å². The number of fused-ring (bicyclic) bond motifs is 2. The Balaban J connectivity index is 1.58. The van der Waals surface area contributed by atoms with E-state index in [2.05, 4.69) is 6.07 Å². The van der Waals surface area contributed by atoms with E-state index in [0.29, 0.717) is 10.5 Å². The summed E-state index contributed by atoms with van der Waals surface area (Å²) in [7, 11) is 0. The topological polar surface area (TPSA) is 37.4 Å². The highest BCUT2D eigenvalue weighted by Crippen LogP contribution is 2.37. The lowest BCUT2D eigenvalue weighted by atomic mass is 9.96. The van der Waals surface area contributed by atoms with Gasteiger partial charge in [-0.1, -0.05) is 60.7 Å². The van der Waals surface area contributed by atoms with Gasteiger partial charge in [-0.25, -0.2) is 4.39 Å². The molecular weight excluding hydrogens is 397 g/mol. The summed E-state index contributed by atoms with van der Waals surface area (Å²) in [6.45, 7) is 0.124. The summed E-state index contributed by atoms with van der Waals surface area (Å²) in [6, 6.07) is 24.0. The van der Waals surface area contributed by atoms with Crippen LogP contribution >= 0.6 is 11.8 Å². The van der Waals surface area contributed by atoms with Crippen LogP contribution in [-0.4, -0.2) is 16.0 Å². The Kier molecular flexibility index (Phi) is 4.60. The van der Waals surface area contributed by atoms with E-state index >= 15 is 0 Å². The molecule has 0 spiro atoms. The number of hydrogen-bond donors (Lipinski definition) is 0. The summed E-state index contributed by atoms with van der Waals surface area (Å²) >= 11 is 0.941. The molecule has 0 atom stereocenters. The highest BCUT2D eigenvalue weighted by atomic mass is 32.2. The quantitative estimate of drug-likeness (QED) is 0.289. The smallest absolute Gasteiger partial charge is 0.268 e. The third-order valence-corrected chi connectivity index (χ3v) is 6.12. The molecule has 5 rings (SSSR count). The first-order chi connectivity index (χ1) is 14.6. The Labute approximate surface area is 176 Å². The number of benzene rings is 4. The van der Waals surface area contributed by atoms with Crippen molar-refractivity contribution < 1.29 is 14.0 Å². The third-order valence-electron chi connectivity index (χ3n) is 5.22. The number of carbonyl (C=O) groups is 2. The van der Waals surface area contributed by atoms with Gasteiger partial charge in [-0.15, -0.1) is 0 Å². The lowest BCUT2D eigenvalue weighted by molar-refractivity contribution is -0.123. The van der Waals surface area contributed by atoms with Crippen molar-refractivity contribution >= 4 is 50.5 Å². The number of halogens is 1. The van der Waals surface area contributed by atoms with Crippen LogP contribution in [0, 0.1) is 5.82 Å². The predicted molar refractivity (Wildman–Crippen MR) is 119 cm³/mol. The molecular formula is C25H16FNO2S. The van der Waals surface area contributed by atoms with Crippen molar-refractivity contribution in [3.05, 3.63) is 101 Å². The van der Waals surface area contributed by atoms with Crippen LogP contribution < -0.4 is 0 Å². The monoisotopic (exact) mass is 413 g/mol. The average Bonchev–Trinajstić information content (AvgIpc) is 3.02. The van der Waals surface area contributed by atoms with E-state index in [0.717, 1.165) is 38.9 Å². The summed E-state index contributed by atoms with van der Waals surface area (Å²) in [6.07, 6.45) is 1.82. The minimum atomic E-state index is -0.351. The van der Waals surface area contributed by atoms with E-state index in [1.165, 1.54) is 17.0 Å². The average molecular weight is 413 g/mol. The van der Waals surface area contributed by atoms with Crippen LogP contribution in [0.25, 0.3) is 27.6 Å². The molecule has 0 unspecified atom stereocenters. The van der Waals surface area contributed by atoms with Crippen LogP contribution in [0.15, 0.2) is 83.8 Å². The molecule has 0 saturated carbocycles. The molecule has 0 aliphatic carbocycles. The van der Waals surface area contributed by atoms with Gasteiger partial charge in [-0.2, -0.15) is 0 Å². The van der Waals surface area contributed by atoms with Crippen LogP contribution in [0.3, 0.4) is 0 Å². The van der Waals surface area contributed by atoms with Gasteiger partial charge in [0.2, 0.25) is 0 Å². The fourth-order valence-electron chi connectivity index (χ4n) is 3.74. The first-order valence-corrected chi connectivity index (χ1v) is 10.3. The third kappa shape index (κ3) is 3.27. The van der Waals surface area contributed by atoms with E-state index in [1.54, 1.807) is 12.1 Å². The first kappa shape index (κ1) is 18.6. The second-order valence-corrected chi connectivity index (χ2v) is 8.12. The Bertz CT molecular complexity index is 1290. The Morgan fingerprint density at radius 3 is 2.07 bits per heavy atom.